The number of carbonyl (C=O) groups is 1. The van der Waals surface area contributed by atoms with Crippen molar-refractivity contribution in [1.82, 2.24) is 0 Å². The van der Waals surface area contributed by atoms with Crippen molar-refractivity contribution in [1.29, 1.82) is 0 Å². The first-order valence-electron chi connectivity index (χ1n) is 5.98. The van der Waals surface area contributed by atoms with Gasteiger partial charge in [0, 0.05) is 6.92 Å². The molecule has 0 aliphatic rings. The van der Waals surface area contributed by atoms with Crippen LogP contribution in [0.5, 0.6) is 5.75 Å². The summed E-state index contributed by atoms with van der Waals surface area (Å²) in [6.07, 6.45) is 3.28. The smallest absolute Gasteiger partial charge is 0.308 e. The number of esters is 1. The Morgan fingerprint density at radius 1 is 1.26 bits per heavy atom. The van der Waals surface area contributed by atoms with E-state index in [-0.39, 0.29) is 12.6 Å². The van der Waals surface area contributed by atoms with E-state index in [0.717, 1.165) is 24.7 Å². The molecule has 1 rings (SSSR count). The summed E-state index contributed by atoms with van der Waals surface area (Å²) in [5.74, 6) is 0.177. The van der Waals surface area contributed by atoms with Gasteiger partial charge in [-0.3, -0.25) is 8.98 Å². The summed E-state index contributed by atoms with van der Waals surface area (Å²) in [6.45, 7) is 1.55. The number of hydrogen-bond donors (Lipinski definition) is 0. The van der Waals surface area contributed by atoms with E-state index in [4.69, 9.17) is 4.74 Å². The Morgan fingerprint density at radius 2 is 2.00 bits per heavy atom. The molecule has 0 bridgehead atoms. The zero-order valence-electron chi connectivity index (χ0n) is 11.1. The fraction of sp³-hybridized carbons (Fsp3) is 0.462. The standard InChI is InChI=1S/C13H18O5S/c1-11(14)18-13-8-5-7-12(10-13)6-3-4-9-17-19(2,15)16/h5,7-8,10H,3-4,6,9H2,1-2H3. The predicted octanol–water partition coefficient (Wildman–Crippen LogP) is 1.91. The highest BCUT2D eigenvalue weighted by atomic mass is 32.2. The van der Waals surface area contributed by atoms with E-state index in [2.05, 4.69) is 4.18 Å². The van der Waals surface area contributed by atoms with E-state index in [9.17, 15) is 13.2 Å². The summed E-state index contributed by atoms with van der Waals surface area (Å²) >= 11 is 0. The second-order valence-corrected chi connectivity index (χ2v) is 5.87. The average molecular weight is 286 g/mol. The van der Waals surface area contributed by atoms with Crippen LogP contribution in [-0.2, 0) is 25.5 Å². The van der Waals surface area contributed by atoms with Gasteiger partial charge in [0.25, 0.3) is 10.1 Å². The van der Waals surface area contributed by atoms with Gasteiger partial charge in [-0.15, -0.1) is 0 Å². The van der Waals surface area contributed by atoms with Crippen molar-refractivity contribution in [2.75, 3.05) is 12.9 Å². The van der Waals surface area contributed by atoms with Crippen LogP contribution in [0.1, 0.15) is 25.3 Å². The van der Waals surface area contributed by atoms with Crippen LogP contribution in [0.3, 0.4) is 0 Å². The molecule has 0 N–H and O–H groups in total. The normalized spacial score (nSPS) is 11.3. The van der Waals surface area contributed by atoms with Gasteiger partial charge >= 0.3 is 5.97 Å². The Morgan fingerprint density at radius 3 is 2.63 bits per heavy atom. The Balaban J connectivity index is 2.35. The molecule has 0 spiro atoms. The number of aryl methyl sites for hydroxylation is 1. The van der Waals surface area contributed by atoms with E-state index in [1.807, 2.05) is 12.1 Å². The summed E-state index contributed by atoms with van der Waals surface area (Å²) in [4.78, 5) is 10.8. The largest absolute Gasteiger partial charge is 0.427 e. The van der Waals surface area contributed by atoms with Gasteiger partial charge in [-0.25, -0.2) is 0 Å². The number of rotatable bonds is 7. The van der Waals surface area contributed by atoms with Crippen LogP contribution in [0.4, 0.5) is 0 Å². The van der Waals surface area contributed by atoms with Gasteiger partial charge in [-0.2, -0.15) is 8.42 Å². The van der Waals surface area contributed by atoms with E-state index in [1.165, 1.54) is 6.92 Å². The van der Waals surface area contributed by atoms with Crippen molar-refractivity contribution in [2.24, 2.45) is 0 Å². The number of unbranched alkanes of at least 4 members (excludes halogenated alkanes) is 1. The Hall–Kier alpha value is -1.40. The van der Waals surface area contributed by atoms with Gasteiger partial charge in [0.05, 0.1) is 12.9 Å². The van der Waals surface area contributed by atoms with Crippen LogP contribution in [0, 0.1) is 0 Å². The summed E-state index contributed by atoms with van der Waals surface area (Å²) < 4.78 is 31.1. The van der Waals surface area contributed by atoms with Crippen molar-refractivity contribution in [3.05, 3.63) is 29.8 Å². The van der Waals surface area contributed by atoms with Crippen LogP contribution in [0.15, 0.2) is 24.3 Å². The summed E-state index contributed by atoms with van der Waals surface area (Å²) in [5, 5.41) is 0. The lowest BCUT2D eigenvalue weighted by Gasteiger charge is -2.05. The molecule has 0 saturated heterocycles. The fourth-order valence-corrected chi connectivity index (χ4v) is 1.99. The number of benzene rings is 1. The monoisotopic (exact) mass is 286 g/mol. The molecular formula is C13H18O5S. The maximum absolute atomic E-state index is 10.8. The third kappa shape index (κ3) is 7.58. The summed E-state index contributed by atoms with van der Waals surface area (Å²) in [6, 6.07) is 7.28. The quantitative estimate of drug-likeness (QED) is 0.331. The second-order valence-electron chi connectivity index (χ2n) is 4.22. The first kappa shape index (κ1) is 15.7. The lowest BCUT2D eigenvalue weighted by molar-refractivity contribution is -0.131. The molecule has 0 aromatic heterocycles. The first-order valence-corrected chi connectivity index (χ1v) is 7.80. The first-order chi connectivity index (χ1) is 8.87. The molecule has 0 radical (unpaired) electrons. The highest BCUT2D eigenvalue weighted by molar-refractivity contribution is 7.85. The van der Waals surface area contributed by atoms with E-state index >= 15 is 0 Å². The van der Waals surface area contributed by atoms with E-state index in [1.54, 1.807) is 12.1 Å². The van der Waals surface area contributed by atoms with E-state index < -0.39 is 10.1 Å². The van der Waals surface area contributed by atoms with Gasteiger partial charge in [-0.1, -0.05) is 12.1 Å². The van der Waals surface area contributed by atoms with Gasteiger partial charge < -0.3 is 4.74 Å². The highest BCUT2D eigenvalue weighted by Gasteiger charge is 2.02. The van der Waals surface area contributed by atoms with Gasteiger partial charge in [-0.05, 0) is 37.0 Å². The van der Waals surface area contributed by atoms with Crippen LogP contribution in [0.2, 0.25) is 0 Å². The predicted molar refractivity (Wildman–Crippen MR) is 71.5 cm³/mol. The van der Waals surface area contributed by atoms with Crippen LogP contribution >= 0.6 is 0 Å². The van der Waals surface area contributed by atoms with Crippen LogP contribution in [-0.4, -0.2) is 27.2 Å². The molecule has 106 valence electrons. The zero-order chi connectivity index (χ0) is 14.3. The minimum Gasteiger partial charge on any atom is -0.427 e. The lowest BCUT2D eigenvalue weighted by Crippen LogP contribution is -2.04. The molecule has 0 heterocycles. The number of carbonyl (C=O) groups excluding carboxylic acids is 1. The Kier molecular flexibility index (Phi) is 5.98. The van der Waals surface area contributed by atoms with Crippen molar-refractivity contribution in [2.45, 2.75) is 26.2 Å². The maximum Gasteiger partial charge on any atom is 0.308 e. The van der Waals surface area contributed by atoms with Crippen molar-refractivity contribution in [3.8, 4) is 5.75 Å². The molecular weight excluding hydrogens is 268 g/mol. The van der Waals surface area contributed by atoms with Crippen molar-refractivity contribution in [3.63, 3.8) is 0 Å². The second kappa shape index (κ2) is 7.25. The van der Waals surface area contributed by atoms with Crippen molar-refractivity contribution < 1.29 is 22.1 Å². The third-order valence-electron chi connectivity index (χ3n) is 2.32. The molecule has 6 heteroatoms. The minimum atomic E-state index is -3.35. The van der Waals surface area contributed by atoms with Crippen LogP contribution < -0.4 is 4.74 Å². The Bertz CT molecular complexity index is 522. The summed E-state index contributed by atoms with van der Waals surface area (Å²) in [5.41, 5.74) is 1.04. The molecule has 1 aromatic rings. The average Bonchev–Trinajstić information content (AvgIpc) is 2.26. The molecule has 0 amide bonds. The molecule has 0 aliphatic heterocycles. The third-order valence-corrected chi connectivity index (χ3v) is 2.91. The summed E-state index contributed by atoms with van der Waals surface area (Å²) in [7, 11) is -3.35. The van der Waals surface area contributed by atoms with Crippen LogP contribution in [0.25, 0.3) is 0 Å². The SMILES string of the molecule is CC(=O)Oc1cccc(CCCCOS(C)(=O)=O)c1. The maximum atomic E-state index is 10.8. The van der Waals surface area contributed by atoms with E-state index in [0.29, 0.717) is 12.2 Å². The molecule has 0 saturated carbocycles. The molecule has 1 aromatic carbocycles. The Labute approximate surface area is 113 Å². The lowest BCUT2D eigenvalue weighted by atomic mass is 10.1. The minimum absolute atomic E-state index is 0.197. The number of hydrogen-bond acceptors (Lipinski definition) is 5. The molecule has 5 nitrogen and oxygen atoms in total. The highest BCUT2D eigenvalue weighted by Crippen LogP contribution is 2.15. The van der Waals surface area contributed by atoms with Gasteiger partial charge in [0.1, 0.15) is 5.75 Å². The molecule has 0 unspecified atom stereocenters. The topological polar surface area (TPSA) is 69.7 Å². The molecule has 19 heavy (non-hydrogen) atoms. The number of ether oxygens (including phenoxy) is 1. The van der Waals surface area contributed by atoms with Gasteiger partial charge in [0.2, 0.25) is 0 Å². The van der Waals surface area contributed by atoms with Crippen molar-refractivity contribution >= 4 is 16.1 Å². The fourth-order valence-electron chi connectivity index (χ4n) is 1.57. The molecule has 0 atom stereocenters. The van der Waals surface area contributed by atoms with Gasteiger partial charge in [0.15, 0.2) is 0 Å². The zero-order valence-corrected chi connectivity index (χ0v) is 11.9. The molecule has 0 aliphatic carbocycles. The molecule has 0 fully saturated rings.